The Morgan fingerprint density at radius 1 is 0.400 bits per heavy atom. The zero-order valence-electron chi connectivity index (χ0n) is 34.8. The molecule has 0 aromatic carbocycles. The molecule has 4 nitrogen and oxygen atoms in total. The molecule has 1 unspecified atom stereocenters. The van der Waals surface area contributed by atoms with Gasteiger partial charge in [0, 0.05) is 6.42 Å². The van der Waals surface area contributed by atoms with Crippen LogP contribution in [0.1, 0.15) is 272 Å². The second-order valence-corrected chi connectivity index (χ2v) is 15.6. The largest absolute Gasteiger partial charge is 0.481 e. The van der Waals surface area contributed by atoms with Crippen LogP contribution in [-0.4, -0.2) is 23.7 Å². The van der Waals surface area contributed by atoms with Gasteiger partial charge < -0.3 is 9.84 Å². The van der Waals surface area contributed by atoms with Gasteiger partial charge in [0.25, 0.3) is 0 Å². The van der Waals surface area contributed by atoms with E-state index in [4.69, 9.17) is 9.84 Å². The summed E-state index contributed by atoms with van der Waals surface area (Å²) in [5, 5.41) is 8.83. The molecule has 0 fully saturated rings. The van der Waals surface area contributed by atoms with Crippen LogP contribution in [0.2, 0.25) is 0 Å². The van der Waals surface area contributed by atoms with E-state index in [0.29, 0.717) is 13.0 Å². The standard InChI is InChI=1S/2C23H46O2/c1-3-4-5-6-7-8-9-10-11-12-13-14-15-16-17-18-19-20-21-22(2)23(24)25;1-3-5-6-7-8-9-10-11-12-13-14-15-16-17-18-19-20-21-22-25-23(24)4-2/h22H,3-21H2,1-2H3,(H,24,25);3-22H2,1-2H3. The smallest absolute Gasteiger partial charge is 0.306 e. The first-order chi connectivity index (χ1) is 24.5. The van der Waals surface area contributed by atoms with Crippen molar-refractivity contribution >= 4 is 11.9 Å². The third-order valence-corrected chi connectivity index (χ3v) is 10.5. The summed E-state index contributed by atoms with van der Waals surface area (Å²) in [6.45, 7) is 8.85. The van der Waals surface area contributed by atoms with Gasteiger partial charge in [-0.25, -0.2) is 0 Å². The van der Waals surface area contributed by atoms with Crippen molar-refractivity contribution in [2.45, 2.75) is 272 Å². The zero-order valence-corrected chi connectivity index (χ0v) is 34.8. The number of esters is 1. The van der Waals surface area contributed by atoms with Crippen LogP contribution >= 0.6 is 0 Å². The Kier molecular flexibility index (Phi) is 46.9. The number of unbranched alkanes of at least 4 members (excludes halogenated alkanes) is 34. The number of aliphatic carboxylic acids is 1. The molecule has 0 saturated heterocycles. The normalized spacial score (nSPS) is 11.7. The minimum absolute atomic E-state index is 0.0630. The maximum Gasteiger partial charge on any atom is 0.306 e. The molecule has 1 N–H and O–H groups in total. The van der Waals surface area contributed by atoms with E-state index < -0.39 is 5.97 Å². The molecule has 0 bridgehead atoms. The lowest BCUT2D eigenvalue weighted by Gasteiger charge is -2.06. The van der Waals surface area contributed by atoms with Gasteiger partial charge in [0.15, 0.2) is 0 Å². The van der Waals surface area contributed by atoms with Gasteiger partial charge in [0.2, 0.25) is 0 Å². The fourth-order valence-corrected chi connectivity index (χ4v) is 6.77. The summed E-state index contributed by atoms with van der Waals surface area (Å²) in [6, 6.07) is 0. The summed E-state index contributed by atoms with van der Waals surface area (Å²) in [5.74, 6) is -0.875. The lowest BCUT2D eigenvalue weighted by Crippen LogP contribution is -2.08. The van der Waals surface area contributed by atoms with Gasteiger partial charge in [0.1, 0.15) is 0 Å². The second kappa shape index (κ2) is 46.0. The Labute approximate surface area is 314 Å². The minimum atomic E-state index is -0.646. The van der Waals surface area contributed by atoms with Crippen molar-refractivity contribution in [3.8, 4) is 0 Å². The molecule has 0 aliphatic rings. The first-order valence-electron chi connectivity index (χ1n) is 22.9. The van der Waals surface area contributed by atoms with Crippen molar-refractivity contribution in [2.75, 3.05) is 6.61 Å². The molecule has 0 radical (unpaired) electrons. The number of ether oxygens (including phenoxy) is 1. The number of hydrogen-bond donors (Lipinski definition) is 1. The van der Waals surface area contributed by atoms with Crippen molar-refractivity contribution in [1.82, 2.24) is 0 Å². The number of carbonyl (C=O) groups excluding carboxylic acids is 1. The molecular formula is C46H92O4. The number of carboxylic acids is 1. The van der Waals surface area contributed by atoms with Gasteiger partial charge in [0.05, 0.1) is 12.5 Å². The summed E-state index contributed by atoms with van der Waals surface area (Å²) >= 11 is 0. The molecule has 0 saturated carbocycles. The Morgan fingerprint density at radius 2 is 0.640 bits per heavy atom. The predicted molar refractivity (Wildman–Crippen MR) is 220 cm³/mol. The lowest BCUT2D eigenvalue weighted by molar-refractivity contribution is -0.143. The Bertz CT molecular complexity index is 646. The van der Waals surface area contributed by atoms with Crippen LogP contribution in [-0.2, 0) is 14.3 Å². The predicted octanol–water partition coefficient (Wildman–Crippen LogP) is 16.1. The Morgan fingerprint density at radius 3 is 0.880 bits per heavy atom. The van der Waals surface area contributed by atoms with Crippen LogP contribution in [0.3, 0.4) is 0 Å². The summed E-state index contributed by atoms with van der Waals surface area (Å²) in [6.07, 6.45) is 51.1. The van der Waals surface area contributed by atoms with E-state index in [1.165, 1.54) is 218 Å². The molecule has 0 heterocycles. The van der Waals surface area contributed by atoms with Crippen LogP contribution in [0.4, 0.5) is 0 Å². The van der Waals surface area contributed by atoms with Crippen molar-refractivity contribution in [1.29, 1.82) is 0 Å². The quantitative estimate of drug-likeness (QED) is 0.0508. The third kappa shape index (κ3) is 46.9. The summed E-state index contributed by atoms with van der Waals surface area (Å²) in [7, 11) is 0. The molecule has 0 amide bonds. The van der Waals surface area contributed by atoms with E-state index in [2.05, 4.69) is 13.8 Å². The van der Waals surface area contributed by atoms with Crippen LogP contribution in [0.25, 0.3) is 0 Å². The van der Waals surface area contributed by atoms with Crippen LogP contribution in [0.5, 0.6) is 0 Å². The number of carboxylic acid groups (broad SMARTS) is 1. The fourth-order valence-electron chi connectivity index (χ4n) is 6.77. The summed E-state index contributed by atoms with van der Waals surface area (Å²) in [4.78, 5) is 21.7. The van der Waals surface area contributed by atoms with Crippen LogP contribution in [0, 0.1) is 5.92 Å². The first kappa shape index (κ1) is 51.0. The number of rotatable bonds is 40. The van der Waals surface area contributed by atoms with E-state index in [-0.39, 0.29) is 11.9 Å². The highest BCUT2D eigenvalue weighted by molar-refractivity contribution is 5.69. The highest BCUT2D eigenvalue weighted by Gasteiger charge is 2.09. The van der Waals surface area contributed by atoms with Gasteiger partial charge in [-0.05, 0) is 12.8 Å². The highest BCUT2D eigenvalue weighted by Crippen LogP contribution is 2.17. The maximum absolute atomic E-state index is 11.0. The monoisotopic (exact) mass is 709 g/mol. The van der Waals surface area contributed by atoms with E-state index in [9.17, 15) is 9.59 Å². The van der Waals surface area contributed by atoms with E-state index in [1.807, 2.05) is 13.8 Å². The van der Waals surface area contributed by atoms with Crippen molar-refractivity contribution in [2.24, 2.45) is 5.92 Å². The van der Waals surface area contributed by atoms with E-state index >= 15 is 0 Å². The van der Waals surface area contributed by atoms with Gasteiger partial charge in [-0.3, -0.25) is 9.59 Å². The topological polar surface area (TPSA) is 63.6 Å². The van der Waals surface area contributed by atoms with Gasteiger partial charge in [-0.1, -0.05) is 252 Å². The molecule has 300 valence electrons. The van der Waals surface area contributed by atoms with Crippen LogP contribution in [0.15, 0.2) is 0 Å². The molecular weight excluding hydrogens is 617 g/mol. The minimum Gasteiger partial charge on any atom is -0.481 e. The molecule has 4 heteroatoms. The summed E-state index contributed by atoms with van der Waals surface area (Å²) in [5.41, 5.74) is 0. The second-order valence-electron chi connectivity index (χ2n) is 15.6. The molecule has 0 aliphatic heterocycles. The molecule has 0 spiro atoms. The highest BCUT2D eigenvalue weighted by atomic mass is 16.5. The number of carbonyl (C=O) groups is 2. The fraction of sp³-hybridized carbons (Fsp3) is 0.957. The Hall–Kier alpha value is -1.06. The third-order valence-electron chi connectivity index (χ3n) is 10.5. The van der Waals surface area contributed by atoms with E-state index in [1.54, 1.807) is 0 Å². The van der Waals surface area contributed by atoms with Gasteiger partial charge in [-0.15, -0.1) is 0 Å². The molecule has 1 atom stereocenters. The van der Waals surface area contributed by atoms with Crippen molar-refractivity contribution in [3.05, 3.63) is 0 Å². The SMILES string of the molecule is CCCCCCCCCCCCCCCCCCCCC(C)C(=O)O.CCCCCCCCCCCCCCCCCCCCOC(=O)CC. The average Bonchev–Trinajstić information content (AvgIpc) is 3.12. The lowest BCUT2D eigenvalue weighted by atomic mass is 10.0. The van der Waals surface area contributed by atoms with Crippen LogP contribution < -0.4 is 0 Å². The van der Waals surface area contributed by atoms with Crippen molar-refractivity contribution in [3.63, 3.8) is 0 Å². The Balaban J connectivity index is 0. The molecule has 50 heavy (non-hydrogen) atoms. The molecule has 0 aromatic rings. The van der Waals surface area contributed by atoms with Crippen molar-refractivity contribution < 1.29 is 19.4 Å². The molecule has 0 rings (SSSR count). The number of hydrogen-bond acceptors (Lipinski definition) is 3. The van der Waals surface area contributed by atoms with Gasteiger partial charge >= 0.3 is 11.9 Å². The summed E-state index contributed by atoms with van der Waals surface area (Å²) < 4.78 is 5.08. The van der Waals surface area contributed by atoms with E-state index in [0.717, 1.165) is 19.3 Å². The van der Waals surface area contributed by atoms with Gasteiger partial charge in [-0.2, -0.15) is 0 Å². The average molecular weight is 709 g/mol. The first-order valence-corrected chi connectivity index (χ1v) is 22.9. The molecule has 0 aromatic heterocycles. The molecule has 0 aliphatic carbocycles. The zero-order chi connectivity index (χ0) is 37.0. The maximum atomic E-state index is 11.0.